The monoisotopic (exact) mass is 201 g/mol. The third-order valence-electron chi connectivity index (χ3n) is 2.92. The highest BCUT2D eigenvalue weighted by atomic mass is 16.5. The number of nitrogens with zero attached hydrogens (tertiary/aromatic N) is 1. The van der Waals surface area contributed by atoms with Gasteiger partial charge in [0.25, 0.3) is 0 Å². The molecular weight excluding hydrogens is 182 g/mol. The first kappa shape index (κ1) is 11.5. The number of ether oxygens (including phenoxy) is 2. The maximum Gasteiger partial charge on any atom is 0.309 e. The number of esters is 1. The summed E-state index contributed by atoms with van der Waals surface area (Å²) in [5.41, 5.74) is 0. The first-order valence-corrected chi connectivity index (χ1v) is 5.06. The maximum absolute atomic E-state index is 11.3. The van der Waals surface area contributed by atoms with Gasteiger partial charge in [-0.05, 0) is 6.92 Å². The van der Waals surface area contributed by atoms with E-state index in [9.17, 15) is 4.79 Å². The van der Waals surface area contributed by atoms with Crippen LogP contribution in [-0.4, -0.2) is 50.3 Å². The van der Waals surface area contributed by atoms with E-state index in [1.165, 1.54) is 7.11 Å². The molecule has 0 bridgehead atoms. The number of rotatable bonds is 3. The molecular formula is C10H19NO3. The Labute approximate surface area is 85.2 Å². The van der Waals surface area contributed by atoms with Crippen molar-refractivity contribution in [2.75, 3.05) is 33.4 Å². The first-order valence-electron chi connectivity index (χ1n) is 5.06. The second kappa shape index (κ2) is 5.32. The molecule has 0 aliphatic carbocycles. The average molecular weight is 201 g/mol. The summed E-state index contributed by atoms with van der Waals surface area (Å²) in [7, 11) is 1.44. The zero-order valence-electron chi connectivity index (χ0n) is 9.16. The fourth-order valence-electron chi connectivity index (χ4n) is 1.68. The van der Waals surface area contributed by atoms with Crippen molar-refractivity contribution in [3.63, 3.8) is 0 Å². The Morgan fingerprint density at radius 3 is 2.43 bits per heavy atom. The highest BCUT2D eigenvalue weighted by molar-refractivity contribution is 5.72. The molecule has 2 atom stereocenters. The van der Waals surface area contributed by atoms with E-state index in [-0.39, 0.29) is 17.9 Å². The molecule has 4 heteroatoms. The molecule has 1 rings (SSSR count). The van der Waals surface area contributed by atoms with Crippen LogP contribution >= 0.6 is 0 Å². The molecule has 1 saturated heterocycles. The average Bonchev–Trinajstić information content (AvgIpc) is 2.27. The molecule has 0 amide bonds. The molecule has 0 N–H and O–H groups in total. The van der Waals surface area contributed by atoms with Crippen LogP contribution in [0, 0.1) is 5.92 Å². The van der Waals surface area contributed by atoms with Gasteiger partial charge in [0.15, 0.2) is 0 Å². The van der Waals surface area contributed by atoms with Gasteiger partial charge in [-0.1, -0.05) is 6.92 Å². The van der Waals surface area contributed by atoms with Crippen LogP contribution in [0.3, 0.4) is 0 Å². The Balaban J connectivity index is 2.45. The van der Waals surface area contributed by atoms with E-state index >= 15 is 0 Å². The van der Waals surface area contributed by atoms with Gasteiger partial charge in [-0.25, -0.2) is 0 Å². The Morgan fingerprint density at radius 1 is 1.36 bits per heavy atom. The number of hydrogen-bond acceptors (Lipinski definition) is 4. The largest absolute Gasteiger partial charge is 0.469 e. The maximum atomic E-state index is 11.3. The lowest BCUT2D eigenvalue weighted by molar-refractivity contribution is -0.147. The molecule has 4 nitrogen and oxygen atoms in total. The summed E-state index contributed by atoms with van der Waals surface area (Å²) >= 11 is 0. The van der Waals surface area contributed by atoms with E-state index in [2.05, 4.69) is 11.8 Å². The van der Waals surface area contributed by atoms with E-state index in [1.807, 2.05) is 6.92 Å². The summed E-state index contributed by atoms with van der Waals surface area (Å²) in [5.74, 6) is -0.206. The lowest BCUT2D eigenvalue weighted by Crippen LogP contribution is -2.46. The first-order chi connectivity index (χ1) is 6.66. The summed E-state index contributed by atoms with van der Waals surface area (Å²) in [6.45, 7) is 7.31. The number of carbonyl (C=O) groups excluding carboxylic acids is 1. The van der Waals surface area contributed by atoms with Crippen LogP contribution in [-0.2, 0) is 14.3 Å². The number of morpholine rings is 1. The fourth-order valence-corrected chi connectivity index (χ4v) is 1.68. The lowest BCUT2D eigenvalue weighted by Gasteiger charge is -2.34. The van der Waals surface area contributed by atoms with Gasteiger partial charge in [-0.2, -0.15) is 0 Å². The second-order valence-corrected chi connectivity index (χ2v) is 3.70. The van der Waals surface area contributed by atoms with E-state index in [0.29, 0.717) is 0 Å². The molecule has 14 heavy (non-hydrogen) atoms. The van der Waals surface area contributed by atoms with Crippen molar-refractivity contribution in [1.29, 1.82) is 0 Å². The molecule has 1 aliphatic rings. The van der Waals surface area contributed by atoms with Crippen molar-refractivity contribution in [1.82, 2.24) is 4.90 Å². The zero-order chi connectivity index (χ0) is 10.6. The summed E-state index contributed by atoms with van der Waals surface area (Å²) < 4.78 is 9.99. The minimum atomic E-state index is -0.135. The molecule has 0 saturated carbocycles. The van der Waals surface area contributed by atoms with Crippen molar-refractivity contribution >= 4 is 5.97 Å². The highest BCUT2D eigenvalue weighted by Crippen LogP contribution is 2.13. The van der Waals surface area contributed by atoms with Gasteiger partial charge < -0.3 is 9.47 Å². The van der Waals surface area contributed by atoms with Gasteiger partial charge in [-0.15, -0.1) is 0 Å². The number of methoxy groups -OCH3 is 1. The van der Waals surface area contributed by atoms with E-state index in [0.717, 1.165) is 26.3 Å². The molecule has 82 valence electrons. The van der Waals surface area contributed by atoms with E-state index in [1.54, 1.807) is 0 Å². The molecule has 1 heterocycles. The highest BCUT2D eigenvalue weighted by Gasteiger charge is 2.27. The molecule has 2 unspecified atom stereocenters. The Morgan fingerprint density at radius 2 is 1.93 bits per heavy atom. The second-order valence-electron chi connectivity index (χ2n) is 3.70. The van der Waals surface area contributed by atoms with Crippen LogP contribution in [0.15, 0.2) is 0 Å². The summed E-state index contributed by atoms with van der Waals surface area (Å²) in [4.78, 5) is 13.6. The minimum absolute atomic E-state index is 0.0712. The standard InChI is InChI=1S/C10H19NO3/c1-8(10(12)13-3)9(2)11-4-6-14-7-5-11/h8-9H,4-7H2,1-3H3. The predicted molar refractivity (Wildman–Crippen MR) is 53.0 cm³/mol. The van der Waals surface area contributed by atoms with Gasteiger partial charge in [-0.3, -0.25) is 9.69 Å². The Bertz CT molecular complexity index is 190. The summed E-state index contributed by atoms with van der Waals surface area (Å²) in [6.07, 6.45) is 0. The van der Waals surface area contributed by atoms with Crippen LogP contribution < -0.4 is 0 Å². The van der Waals surface area contributed by atoms with Crippen LogP contribution in [0.25, 0.3) is 0 Å². The van der Waals surface area contributed by atoms with Crippen molar-refractivity contribution < 1.29 is 14.3 Å². The SMILES string of the molecule is COC(=O)C(C)C(C)N1CCOCC1. The molecule has 0 aromatic carbocycles. The molecule has 0 aromatic rings. The van der Waals surface area contributed by atoms with E-state index < -0.39 is 0 Å². The van der Waals surface area contributed by atoms with Gasteiger partial charge >= 0.3 is 5.97 Å². The third kappa shape index (κ3) is 2.69. The Kier molecular flexibility index (Phi) is 4.35. The van der Waals surface area contributed by atoms with Gasteiger partial charge in [0.1, 0.15) is 0 Å². The van der Waals surface area contributed by atoms with Crippen molar-refractivity contribution in [3.8, 4) is 0 Å². The van der Waals surface area contributed by atoms with Crippen LogP contribution in [0.1, 0.15) is 13.8 Å². The molecule has 0 spiro atoms. The molecule has 0 aromatic heterocycles. The number of hydrogen-bond donors (Lipinski definition) is 0. The van der Waals surface area contributed by atoms with Crippen molar-refractivity contribution in [3.05, 3.63) is 0 Å². The van der Waals surface area contributed by atoms with E-state index in [4.69, 9.17) is 9.47 Å². The van der Waals surface area contributed by atoms with Gasteiger partial charge in [0, 0.05) is 19.1 Å². The van der Waals surface area contributed by atoms with Crippen LogP contribution in [0.4, 0.5) is 0 Å². The van der Waals surface area contributed by atoms with Gasteiger partial charge in [0.2, 0.25) is 0 Å². The zero-order valence-corrected chi connectivity index (χ0v) is 9.16. The van der Waals surface area contributed by atoms with Crippen LogP contribution in [0.5, 0.6) is 0 Å². The van der Waals surface area contributed by atoms with Gasteiger partial charge in [0.05, 0.1) is 26.2 Å². The summed E-state index contributed by atoms with van der Waals surface area (Å²) in [6, 6.07) is 0.228. The van der Waals surface area contributed by atoms with Crippen molar-refractivity contribution in [2.45, 2.75) is 19.9 Å². The number of carbonyl (C=O) groups is 1. The smallest absolute Gasteiger partial charge is 0.309 e. The Hall–Kier alpha value is -0.610. The van der Waals surface area contributed by atoms with Crippen LogP contribution in [0.2, 0.25) is 0 Å². The minimum Gasteiger partial charge on any atom is -0.469 e. The quantitative estimate of drug-likeness (QED) is 0.624. The summed E-state index contributed by atoms with van der Waals surface area (Å²) in [5, 5.41) is 0. The molecule has 0 radical (unpaired) electrons. The van der Waals surface area contributed by atoms with Crippen molar-refractivity contribution in [2.24, 2.45) is 5.92 Å². The normalized spacial score (nSPS) is 22.8. The fraction of sp³-hybridized carbons (Fsp3) is 0.900. The third-order valence-corrected chi connectivity index (χ3v) is 2.92. The molecule has 1 fully saturated rings. The predicted octanol–water partition coefficient (Wildman–Crippen LogP) is 0.516. The lowest BCUT2D eigenvalue weighted by atomic mass is 10.0. The topological polar surface area (TPSA) is 38.8 Å². The molecule has 1 aliphatic heterocycles.